The molecule has 0 aliphatic carbocycles. The summed E-state index contributed by atoms with van der Waals surface area (Å²) in [5.41, 5.74) is 0. The third-order valence-electron chi connectivity index (χ3n) is 9.21. The third-order valence-corrected chi connectivity index (χ3v) is 14.3. The Morgan fingerprint density at radius 3 is 0.829 bits per heavy atom. The van der Waals surface area contributed by atoms with Gasteiger partial charge in [-0.05, 0) is 0 Å². The summed E-state index contributed by atoms with van der Waals surface area (Å²) in [7, 11) is -2.04. The molecule has 0 nitrogen and oxygen atoms in total. The number of unbranched alkanes of at least 4 members (excludes halogenated alkanes) is 19. The van der Waals surface area contributed by atoms with E-state index in [2.05, 4.69) is 97.9 Å². The van der Waals surface area contributed by atoms with Crippen LogP contribution in [0.2, 0.25) is 0 Å². The molecule has 0 aliphatic rings. The average Bonchev–Trinajstić information content (AvgIpc) is 3.03. The van der Waals surface area contributed by atoms with Crippen LogP contribution in [0, 0.1) is 0 Å². The summed E-state index contributed by atoms with van der Waals surface area (Å²) in [6.07, 6.45) is 30.0. The molecule has 0 unspecified atom stereocenters. The molecule has 1 heteroatoms. The summed E-state index contributed by atoms with van der Waals surface area (Å²) in [4.78, 5) is 0. The molecule has 0 radical (unpaired) electrons. The van der Waals surface area contributed by atoms with Crippen molar-refractivity contribution < 1.29 is 0 Å². The molecule has 3 aromatic carbocycles. The average molecular weight is 573 g/mol. The van der Waals surface area contributed by atoms with E-state index in [0.29, 0.717) is 0 Å². The minimum atomic E-state index is -2.04. The summed E-state index contributed by atoms with van der Waals surface area (Å²) in [6.45, 7) is 2.30. The molecule has 0 spiro atoms. The quantitative estimate of drug-likeness (QED) is 0.0739. The summed E-state index contributed by atoms with van der Waals surface area (Å²) in [5, 5.41) is 4.65. The summed E-state index contributed by atoms with van der Waals surface area (Å²) in [5.74, 6) is 0. The molecule has 41 heavy (non-hydrogen) atoms. The van der Waals surface area contributed by atoms with Gasteiger partial charge >= 0.3 is 191 Å². The minimum absolute atomic E-state index is 1.30. The van der Waals surface area contributed by atoms with Crippen molar-refractivity contribution in [3.63, 3.8) is 0 Å². The van der Waals surface area contributed by atoms with E-state index in [1.807, 2.05) is 0 Å². The molecule has 0 saturated heterocycles. The Bertz CT molecular complexity index is 884. The molecule has 0 aliphatic heterocycles. The maximum absolute atomic E-state index is 2.39. The van der Waals surface area contributed by atoms with Crippen molar-refractivity contribution in [2.75, 3.05) is 6.16 Å². The molecule has 0 aromatic heterocycles. The zero-order valence-corrected chi connectivity index (χ0v) is 27.5. The molecule has 0 fully saturated rings. The second-order valence-electron chi connectivity index (χ2n) is 12.5. The van der Waals surface area contributed by atoms with Gasteiger partial charge in [0.1, 0.15) is 0 Å². The van der Waals surface area contributed by atoms with E-state index in [4.69, 9.17) is 0 Å². The Morgan fingerprint density at radius 2 is 0.561 bits per heavy atom. The Balaban J connectivity index is 1.29. The van der Waals surface area contributed by atoms with Crippen LogP contribution < -0.4 is 15.9 Å². The van der Waals surface area contributed by atoms with Crippen LogP contribution in [0.25, 0.3) is 0 Å². The molecule has 3 aromatic rings. The first-order valence-electron chi connectivity index (χ1n) is 17.5. The van der Waals surface area contributed by atoms with Crippen molar-refractivity contribution in [3.8, 4) is 0 Å². The number of benzene rings is 3. The molecule has 0 amide bonds. The molecule has 0 saturated carbocycles. The van der Waals surface area contributed by atoms with Gasteiger partial charge in [0.05, 0.1) is 0 Å². The molecule has 3 rings (SSSR count). The summed E-state index contributed by atoms with van der Waals surface area (Å²) in [6, 6.07) is 34.3. The van der Waals surface area contributed by atoms with Crippen LogP contribution >= 0.6 is 7.26 Å². The molecular weight excluding hydrogens is 511 g/mol. The van der Waals surface area contributed by atoms with E-state index in [-0.39, 0.29) is 0 Å². The summed E-state index contributed by atoms with van der Waals surface area (Å²) < 4.78 is 0. The van der Waals surface area contributed by atoms with Crippen LogP contribution in [0.4, 0.5) is 0 Å². The standard InChI is InChI=1S/C40H61P/c1-2-3-4-5-6-7-8-9-10-11-12-13-14-15-16-17-18-19-20-30-37-41(38-31-24-21-25-32-38,39-33-26-22-27-34-39)40-35-28-23-29-36-40/h21-29,31-36,41H,2-20,30,37H2,1H3. The number of hydrogen-bond acceptors (Lipinski definition) is 0. The second-order valence-corrected chi connectivity index (χ2v) is 16.5. The van der Waals surface area contributed by atoms with Crippen molar-refractivity contribution in [1.82, 2.24) is 0 Å². The van der Waals surface area contributed by atoms with E-state index < -0.39 is 7.26 Å². The molecule has 0 heterocycles. The first-order chi connectivity index (χ1) is 20.4. The zero-order chi connectivity index (χ0) is 28.7. The fraction of sp³-hybridized carbons (Fsp3) is 0.550. The van der Waals surface area contributed by atoms with Crippen LogP contribution in [-0.4, -0.2) is 6.16 Å². The van der Waals surface area contributed by atoms with Gasteiger partial charge in [-0.15, -0.1) is 0 Å². The van der Waals surface area contributed by atoms with E-state index in [1.165, 1.54) is 135 Å². The number of hydrogen-bond donors (Lipinski definition) is 0. The topological polar surface area (TPSA) is 0 Å². The fourth-order valence-corrected chi connectivity index (χ4v) is 11.7. The van der Waals surface area contributed by atoms with Gasteiger partial charge < -0.3 is 0 Å². The Kier molecular flexibility index (Phi) is 17.8. The van der Waals surface area contributed by atoms with Gasteiger partial charge in [0, 0.05) is 0 Å². The van der Waals surface area contributed by atoms with Crippen LogP contribution in [0.1, 0.15) is 135 Å². The normalized spacial score (nSPS) is 12.0. The first-order valence-corrected chi connectivity index (χ1v) is 19.7. The van der Waals surface area contributed by atoms with E-state index in [9.17, 15) is 0 Å². The molecule has 0 atom stereocenters. The van der Waals surface area contributed by atoms with Crippen LogP contribution in [0.5, 0.6) is 0 Å². The third kappa shape index (κ3) is 12.5. The van der Waals surface area contributed by atoms with Crippen LogP contribution in [0.15, 0.2) is 91.0 Å². The molecule has 0 N–H and O–H groups in total. The van der Waals surface area contributed by atoms with Crippen molar-refractivity contribution in [2.24, 2.45) is 0 Å². The van der Waals surface area contributed by atoms with Gasteiger partial charge in [-0.2, -0.15) is 0 Å². The van der Waals surface area contributed by atoms with E-state index >= 15 is 0 Å². The van der Waals surface area contributed by atoms with E-state index in [0.717, 1.165) is 0 Å². The van der Waals surface area contributed by atoms with Crippen molar-refractivity contribution >= 4 is 23.2 Å². The molecule has 226 valence electrons. The van der Waals surface area contributed by atoms with Crippen molar-refractivity contribution in [2.45, 2.75) is 135 Å². The zero-order valence-electron chi connectivity index (χ0n) is 26.5. The predicted molar refractivity (Wildman–Crippen MR) is 189 cm³/mol. The van der Waals surface area contributed by atoms with Gasteiger partial charge in [-0.25, -0.2) is 0 Å². The van der Waals surface area contributed by atoms with Gasteiger partial charge in [-0.1, -0.05) is 64.7 Å². The first kappa shape index (κ1) is 33.6. The fourth-order valence-electron chi connectivity index (χ4n) is 6.75. The Hall–Kier alpha value is -1.91. The predicted octanol–water partition coefficient (Wildman–Crippen LogP) is 11.5. The second kappa shape index (κ2) is 21.7. The monoisotopic (exact) mass is 572 g/mol. The Morgan fingerprint density at radius 1 is 0.317 bits per heavy atom. The SMILES string of the molecule is CCCCCCCCCCCCCCCCCCCCCC[PH](c1ccccc1)(c1ccccc1)c1ccccc1. The molecular formula is C40H61P. The van der Waals surface area contributed by atoms with E-state index in [1.54, 1.807) is 15.9 Å². The Labute approximate surface area is 255 Å². The van der Waals surface area contributed by atoms with Crippen molar-refractivity contribution in [3.05, 3.63) is 91.0 Å². The maximum atomic E-state index is 2.39. The van der Waals surface area contributed by atoms with Gasteiger partial charge in [-0.3, -0.25) is 0 Å². The summed E-state index contributed by atoms with van der Waals surface area (Å²) >= 11 is 0. The van der Waals surface area contributed by atoms with Crippen LogP contribution in [-0.2, 0) is 0 Å². The van der Waals surface area contributed by atoms with Crippen molar-refractivity contribution in [1.29, 1.82) is 0 Å². The number of rotatable bonds is 24. The molecule has 0 bridgehead atoms. The van der Waals surface area contributed by atoms with Crippen LogP contribution in [0.3, 0.4) is 0 Å². The van der Waals surface area contributed by atoms with Gasteiger partial charge in [0.15, 0.2) is 0 Å². The van der Waals surface area contributed by atoms with Gasteiger partial charge in [0.2, 0.25) is 0 Å². The van der Waals surface area contributed by atoms with Gasteiger partial charge in [0.25, 0.3) is 0 Å².